The summed E-state index contributed by atoms with van der Waals surface area (Å²) in [6, 6.07) is 0. The highest BCUT2D eigenvalue weighted by molar-refractivity contribution is 4.75. The maximum Gasteiger partial charge on any atom is 0.131 e. The molecule has 1 N–H and O–H groups in total. The normalized spacial score (nSPS) is 16.3. The predicted molar refractivity (Wildman–Crippen MR) is 35.0 cm³/mol. The molecule has 0 atom stereocenters. The van der Waals surface area contributed by atoms with Gasteiger partial charge in [-0.3, -0.25) is 5.01 Å². The van der Waals surface area contributed by atoms with Crippen molar-refractivity contribution in [3.05, 3.63) is 12.5 Å². The van der Waals surface area contributed by atoms with E-state index in [1.807, 2.05) is 11.2 Å². The molecule has 1 heterocycles. The molecule has 9 heavy (non-hydrogen) atoms. The van der Waals surface area contributed by atoms with Gasteiger partial charge in [-0.1, -0.05) is 18.9 Å². The zero-order chi connectivity index (χ0) is 6.53. The molecule has 0 aromatic carbocycles. The highest BCUT2D eigenvalue weighted by Gasteiger charge is 2.00. The van der Waals surface area contributed by atoms with Gasteiger partial charge in [-0.15, -0.1) is 0 Å². The van der Waals surface area contributed by atoms with Crippen LogP contribution in [0.25, 0.3) is 0 Å². The van der Waals surface area contributed by atoms with Crippen LogP contribution in [-0.2, 0) is 4.84 Å². The van der Waals surface area contributed by atoms with Gasteiger partial charge in [0.25, 0.3) is 0 Å². The minimum absolute atomic E-state index is 1.02. The number of nitrogens with zero attached hydrogens (tertiary/aromatic N) is 1. The molecule has 3 heteroatoms. The predicted octanol–water partition coefficient (Wildman–Crippen LogP) is 1.01. The van der Waals surface area contributed by atoms with Gasteiger partial charge >= 0.3 is 0 Å². The van der Waals surface area contributed by atoms with Gasteiger partial charge in [0.05, 0.1) is 6.20 Å². The quantitative estimate of drug-likeness (QED) is 0.614. The Labute approximate surface area is 55.2 Å². The fourth-order valence-corrected chi connectivity index (χ4v) is 0.681. The molecule has 0 radical (unpaired) electrons. The standard InChI is InChI=1S/C6H12N2O/c1-2-3-4-8-5-6-9-7-8/h5-7H,2-4H2,1H3. The third-order valence-electron chi connectivity index (χ3n) is 1.23. The fourth-order valence-electron chi connectivity index (χ4n) is 0.681. The Kier molecular flexibility index (Phi) is 2.39. The maximum absolute atomic E-state index is 4.75. The Balaban J connectivity index is 2.05. The summed E-state index contributed by atoms with van der Waals surface area (Å²) in [5.41, 5.74) is 2.71. The van der Waals surface area contributed by atoms with Crippen molar-refractivity contribution >= 4 is 0 Å². The summed E-state index contributed by atoms with van der Waals surface area (Å²) in [4.78, 5) is 4.75. The van der Waals surface area contributed by atoms with E-state index in [9.17, 15) is 0 Å². The Morgan fingerprint density at radius 1 is 1.67 bits per heavy atom. The molecule has 0 unspecified atom stereocenters. The van der Waals surface area contributed by atoms with Crippen molar-refractivity contribution in [1.29, 1.82) is 0 Å². The van der Waals surface area contributed by atoms with Crippen molar-refractivity contribution in [2.45, 2.75) is 19.8 Å². The fraction of sp³-hybridized carbons (Fsp3) is 0.667. The van der Waals surface area contributed by atoms with Crippen LogP contribution in [0.5, 0.6) is 0 Å². The molecule has 1 aliphatic rings. The lowest BCUT2D eigenvalue weighted by molar-refractivity contribution is 0.0354. The van der Waals surface area contributed by atoms with E-state index in [1.165, 1.54) is 12.8 Å². The first-order chi connectivity index (χ1) is 4.43. The molecule has 0 aliphatic carbocycles. The van der Waals surface area contributed by atoms with Gasteiger partial charge in [-0.2, -0.15) is 0 Å². The molecule has 0 spiro atoms. The van der Waals surface area contributed by atoms with Gasteiger partial charge in [0.2, 0.25) is 0 Å². The molecular formula is C6H12N2O. The third kappa shape index (κ3) is 1.93. The Morgan fingerprint density at radius 2 is 2.56 bits per heavy atom. The topological polar surface area (TPSA) is 24.5 Å². The lowest BCUT2D eigenvalue weighted by atomic mass is 10.3. The number of nitrogens with one attached hydrogen (secondary N) is 1. The first-order valence-corrected chi connectivity index (χ1v) is 3.28. The Morgan fingerprint density at radius 3 is 3.11 bits per heavy atom. The van der Waals surface area contributed by atoms with E-state index in [4.69, 9.17) is 4.84 Å². The highest BCUT2D eigenvalue weighted by Crippen LogP contribution is 1.96. The molecule has 1 rings (SSSR count). The summed E-state index contributed by atoms with van der Waals surface area (Å²) < 4.78 is 0. The number of hydrogen-bond acceptors (Lipinski definition) is 3. The van der Waals surface area contributed by atoms with E-state index in [2.05, 4.69) is 12.5 Å². The van der Waals surface area contributed by atoms with Crippen LogP contribution in [-0.4, -0.2) is 11.6 Å². The van der Waals surface area contributed by atoms with Crippen molar-refractivity contribution in [3.63, 3.8) is 0 Å². The van der Waals surface area contributed by atoms with Crippen LogP contribution in [0.4, 0.5) is 0 Å². The molecule has 0 aromatic rings. The molecule has 0 bridgehead atoms. The summed E-state index contributed by atoms with van der Waals surface area (Å²) in [6.45, 7) is 3.19. The van der Waals surface area contributed by atoms with Crippen LogP contribution < -0.4 is 5.59 Å². The Bertz CT molecular complexity index is 103. The molecular weight excluding hydrogens is 116 g/mol. The highest BCUT2D eigenvalue weighted by atomic mass is 16.7. The monoisotopic (exact) mass is 128 g/mol. The SMILES string of the molecule is CCCCN1C=CON1. The lowest BCUT2D eigenvalue weighted by Crippen LogP contribution is -2.28. The van der Waals surface area contributed by atoms with Crippen molar-refractivity contribution in [1.82, 2.24) is 10.6 Å². The van der Waals surface area contributed by atoms with Crippen LogP contribution in [0.3, 0.4) is 0 Å². The van der Waals surface area contributed by atoms with Crippen LogP contribution >= 0.6 is 0 Å². The van der Waals surface area contributed by atoms with Gasteiger partial charge < -0.3 is 4.84 Å². The third-order valence-corrected chi connectivity index (χ3v) is 1.23. The summed E-state index contributed by atoms with van der Waals surface area (Å²) in [6.07, 6.45) is 5.93. The molecule has 3 nitrogen and oxygen atoms in total. The van der Waals surface area contributed by atoms with E-state index in [0.717, 1.165) is 6.54 Å². The number of unbranched alkanes of at least 4 members (excludes halogenated alkanes) is 1. The van der Waals surface area contributed by atoms with Gasteiger partial charge in [-0.25, -0.2) is 0 Å². The van der Waals surface area contributed by atoms with Crippen molar-refractivity contribution in [2.75, 3.05) is 6.54 Å². The van der Waals surface area contributed by atoms with Gasteiger partial charge in [0.1, 0.15) is 6.26 Å². The summed E-state index contributed by atoms with van der Waals surface area (Å²) in [7, 11) is 0. The number of hydrazine groups is 1. The zero-order valence-electron chi connectivity index (χ0n) is 5.63. The second-order valence-electron chi connectivity index (χ2n) is 2.04. The first-order valence-electron chi connectivity index (χ1n) is 3.28. The van der Waals surface area contributed by atoms with E-state index < -0.39 is 0 Å². The van der Waals surface area contributed by atoms with Crippen molar-refractivity contribution in [3.8, 4) is 0 Å². The maximum atomic E-state index is 4.75. The van der Waals surface area contributed by atoms with Gasteiger partial charge in [0.15, 0.2) is 0 Å². The largest absolute Gasteiger partial charge is 0.395 e. The molecule has 0 fully saturated rings. The molecule has 1 aliphatic heterocycles. The first kappa shape index (κ1) is 6.42. The summed E-state index contributed by atoms with van der Waals surface area (Å²) in [5, 5.41) is 1.92. The number of hydrogen-bond donors (Lipinski definition) is 1. The van der Waals surface area contributed by atoms with Crippen LogP contribution in [0, 0.1) is 0 Å². The average molecular weight is 128 g/mol. The minimum atomic E-state index is 1.02. The smallest absolute Gasteiger partial charge is 0.131 e. The van der Waals surface area contributed by atoms with Gasteiger partial charge in [0, 0.05) is 6.54 Å². The number of rotatable bonds is 3. The lowest BCUT2D eigenvalue weighted by Gasteiger charge is -2.11. The second-order valence-corrected chi connectivity index (χ2v) is 2.04. The van der Waals surface area contributed by atoms with E-state index in [-0.39, 0.29) is 0 Å². The average Bonchev–Trinajstić information content (AvgIpc) is 2.34. The van der Waals surface area contributed by atoms with E-state index in [1.54, 1.807) is 6.26 Å². The summed E-state index contributed by atoms with van der Waals surface area (Å²) >= 11 is 0. The molecule has 52 valence electrons. The van der Waals surface area contributed by atoms with E-state index >= 15 is 0 Å². The van der Waals surface area contributed by atoms with Crippen molar-refractivity contribution in [2.24, 2.45) is 0 Å². The molecule has 0 saturated heterocycles. The Hall–Kier alpha value is -0.700. The molecule has 0 saturated carbocycles. The van der Waals surface area contributed by atoms with Crippen LogP contribution in [0.15, 0.2) is 12.5 Å². The summed E-state index contributed by atoms with van der Waals surface area (Å²) in [5.74, 6) is 0. The zero-order valence-corrected chi connectivity index (χ0v) is 5.63. The minimum Gasteiger partial charge on any atom is -0.395 e. The van der Waals surface area contributed by atoms with Crippen molar-refractivity contribution < 1.29 is 4.84 Å². The van der Waals surface area contributed by atoms with Crippen LogP contribution in [0.2, 0.25) is 0 Å². The van der Waals surface area contributed by atoms with Crippen LogP contribution in [0.1, 0.15) is 19.8 Å². The van der Waals surface area contributed by atoms with Gasteiger partial charge in [-0.05, 0) is 6.42 Å². The second kappa shape index (κ2) is 3.35. The van der Waals surface area contributed by atoms with E-state index in [0.29, 0.717) is 0 Å². The molecule has 0 amide bonds. The molecule has 0 aromatic heterocycles.